The molecule has 1 aromatic carbocycles. The Hall–Kier alpha value is -3.18. The second-order valence-corrected chi connectivity index (χ2v) is 7.62. The van der Waals surface area contributed by atoms with Crippen molar-refractivity contribution in [3.05, 3.63) is 65.0 Å². The second kappa shape index (κ2) is 7.17. The van der Waals surface area contributed by atoms with Crippen LogP contribution in [0.2, 0.25) is 0 Å². The first-order valence-electron chi connectivity index (χ1n) is 9.23. The average molecular weight is 461 g/mol. The lowest BCUT2D eigenvalue weighted by Crippen LogP contribution is -2.56. The van der Waals surface area contributed by atoms with E-state index >= 15 is 0 Å². The molecule has 1 saturated heterocycles. The Morgan fingerprint density at radius 1 is 1.06 bits per heavy atom. The maximum Gasteiger partial charge on any atom is 0.435 e. The van der Waals surface area contributed by atoms with E-state index in [1.807, 2.05) is 0 Å². The summed E-state index contributed by atoms with van der Waals surface area (Å²) in [5.41, 5.74) is -7.06. The molecule has 1 atom stereocenters. The van der Waals surface area contributed by atoms with Crippen LogP contribution in [0.1, 0.15) is 28.8 Å². The number of benzene rings is 1. The van der Waals surface area contributed by atoms with E-state index in [0.717, 1.165) is 18.3 Å². The van der Waals surface area contributed by atoms with E-state index in [0.29, 0.717) is 18.5 Å². The number of hydrogen-bond acceptors (Lipinski definition) is 4. The van der Waals surface area contributed by atoms with Crippen molar-refractivity contribution in [1.82, 2.24) is 9.88 Å². The zero-order valence-electron chi connectivity index (χ0n) is 16.0. The molecule has 0 spiro atoms. The third-order valence-electron chi connectivity index (χ3n) is 5.45. The first-order valence-corrected chi connectivity index (χ1v) is 9.23. The van der Waals surface area contributed by atoms with Gasteiger partial charge in [-0.2, -0.15) is 26.3 Å². The predicted octanol–water partition coefficient (Wildman–Crippen LogP) is 4.32. The summed E-state index contributed by atoms with van der Waals surface area (Å²) in [5, 5.41) is 3.47. The van der Waals surface area contributed by atoms with E-state index in [1.54, 1.807) is 0 Å². The van der Waals surface area contributed by atoms with Crippen LogP contribution in [0.25, 0.3) is 0 Å². The molecule has 4 rings (SSSR count). The van der Waals surface area contributed by atoms with Crippen molar-refractivity contribution in [1.29, 1.82) is 0 Å². The van der Waals surface area contributed by atoms with Crippen LogP contribution in [0, 0.1) is 0 Å². The van der Waals surface area contributed by atoms with Crippen LogP contribution >= 0.6 is 0 Å². The highest BCUT2D eigenvalue weighted by molar-refractivity contribution is 6.01. The fraction of sp³-hybridized carbons (Fsp3) is 0.350. The molecule has 2 aromatic rings. The summed E-state index contributed by atoms with van der Waals surface area (Å²) < 4.78 is 95.7. The van der Waals surface area contributed by atoms with Gasteiger partial charge in [0, 0.05) is 17.3 Å². The lowest BCUT2D eigenvalue weighted by Gasteiger charge is -2.41. The molecule has 1 amide bonds. The van der Waals surface area contributed by atoms with E-state index in [1.165, 1.54) is 17.0 Å². The van der Waals surface area contributed by atoms with Crippen molar-refractivity contribution in [2.24, 2.45) is 5.16 Å². The fourth-order valence-electron chi connectivity index (χ4n) is 3.67. The summed E-state index contributed by atoms with van der Waals surface area (Å²) in [6.45, 7) is -0.390. The molecule has 0 aliphatic carbocycles. The third-order valence-corrected chi connectivity index (χ3v) is 5.45. The number of amides is 1. The summed E-state index contributed by atoms with van der Waals surface area (Å²) in [6, 6.07) is 5.36. The van der Waals surface area contributed by atoms with Crippen LogP contribution in [0.4, 0.5) is 30.7 Å². The smallest absolute Gasteiger partial charge is 0.374 e. The van der Waals surface area contributed by atoms with Gasteiger partial charge in [-0.1, -0.05) is 17.3 Å². The molecule has 0 N–H and O–H groups in total. The van der Waals surface area contributed by atoms with Crippen molar-refractivity contribution < 1.29 is 40.4 Å². The van der Waals surface area contributed by atoms with Crippen molar-refractivity contribution in [2.75, 3.05) is 13.1 Å². The Bertz CT molecular complexity index is 1060. The average Bonchev–Trinajstić information content (AvgIpc) is 3.18. The zero-order valence-corrected chi connectivity index (χ0v) is 16.0. The molecule has 0 radical (unpaired) electrons. The first kappa shape index (κ1) is 22.0. The molecule has 1 unspecified atom stereocenters. The van der Waals surface area contributed by atoms with Crippen LogP contribution in [-0.4, -0.2) is 41.3 Å². The van der Waals surface area contributed by atoms with Gasteiger partial charge in [0.1, 0.15) is 0 Å². The van der Waals surface area contributed by atoms with Gasteiger partial charge in [0.25, 0.3) is 5.60 Å². The van der Waals surface area contributed by atoms with Gasteiger partial charge in [0.2, 0.25) is 6.41 Å². The molecule has 2 aliphatic heterocycles. The summed E-state index contributed by atoms with van der Waals surface area (Å²) >= 11 is 0. The number of alkyl halides is 7. The van der Waals surface area contributed by atoms with Crippen molar-refractivity contribution in [3.63, 3.8) is 0 Å². The van der Waals surface area contributed by atoms with E-state index in [9.17, 15) is 35.5 Å². The number of carbonyl (C=O) groups is 1. The first-order chi connectivity index (χ1) is 14.9. The summed E-state index contributed by atoms with van der Waals surface area (Å²) in [5.74, 6) is 0. The van der Waals surface area contributed by atoms with Crippen LogP contribution in [0.5, 0.6) is 0 Å². The second-order valence-electron chi connectivity index (χ2n) is 7.62. The van der Waals surface area contributed by atoms with Crippen molar-refractivity contribution >= 4 is 12.1 Å². The van der Waals surface area contributed by atoms with Crippen molar-refractivity contribution in [2.45, 2.75) is 30.0 Å². The Morgan fingerprint density at radius 3 is 2.34 bits per heavy atom. The zero-order chi connectivity index (χ0) is 23.4. The summed E-state index contributed by atoms with van der Waals surface area (Å²) in [7, 11) is 0. The fourth-order valence-corrected chi connectivity index (χ4v) is 3.67. The lowest BCUT2D eigenvalue weighted by atomic mass is 9.85. The monoisotopic (exact) mass is 461 g/mol. The molecule has 0 saturated carbocycles. The maximum absolute atomic E-state index is 14.7. The van der Waals surface area contributed by atoms with Gasteiger partial charge in [-0.15, -0.1) is 0 Å². The summed E-state index contributed by atoms with van der Waals surface area (Å²) in [4.78, 5) is 20.5. The quantitative estimate of drug-likeness (QED) is 0.504. The van der Waals surface area contributed by atoms with Crippen LogP contribution < -0.4 is 0 Å². The number of pyridine rings is 1. The number of aromatic nitrogens is 1. The molecule has 1 aromatic heterocycles. The lowest BCUT2D eigenvalue weighted by molar-refractivity contribution is -0.276. The SMILES string of the molecule is O=CN1CC(F)(c2ccc(C3=NOC(c4cccc(C(F)(F)F)c4)(C(F)(F)F)C3)cn2)C1. The molecule has 32 heavy (non-hydrogen) atoms. The Labute approximate surface area is 176 Å². The van der Waals surface area contributed by atoms with Gasteiger partial charge < -0.3 is 9.74 Å². The van der Waals surface area contributed by atoms with Crippen LogP contribution in [0.3, 0.4) is 0 Å². The van der Waals surface area contributed by atoms with E-state index in [4.69, 9.17) is 4.84 Å². The maximum atomic E-state index is 14.7. The Balaban J connectivity index is 1.61. The van der Waals surface area contributed by atoms with E-state index in [2.05, 4.69) is 10.1 Å². The van der Waals surface area contributed by atoms with E-state index < -0.39 is 41.2 Å². The molecule has 170 valence electrons. The number of likely N-dealkylation sites (tertiary alicyclic amines) is 1. The number of nitrogens with zero attached hydrogens (tertiary/aromatic N) is 3. The number of rotatable bonds is 4. The van der Waals surface area contributed by atoms with Gasteiger partial charge >= 0.3 is 12.4 Å². The number of hydrogen-bond donors (Lipinski definition) is 0. The minimum absolute atomic E-state index is 0.00108. The molecule has 5 nitrogen and oxygen atoms in total. The number of halogens is 7. The largest absolute Gasteiger partial charge is 0.435 e. The molecule has 1 fully saturated rings. The topological polar surface area (TPSA) is 54.8 Å². The number of oxime groups is 1. The minimum atomic E-state index is -5.08. The van der Waals surface area contributed by atoms with Gasteiger partial charge in [0.05, 0.1) is 36.5 Å². The predicted molar refractivity (Wildman–Crippen MR) is 96.1 cm³/mol. The molecule has 12 heteroatoms. The molecule has 0 bridgehead atoms. The minimum Gasteiger partial charge on any atom is -0.374 e. The standard InChI is InChI=1S/C20H14F7N3O2/c21-17(9-30(10-17)11-31)16-5-4-12(8-28-16)15-7-18(32-29-15,20(25,26)27)13-2-1-3-14(6-13)19(22,23)24/h1-6,8,11H,7,9-10H2. The highest BCUT2D eigenvalue weighted by Gasteiger charge is 2.62. The normalized spacial score (nSPS) is 22.7. The highest BCUT2D eigenvalue weighted by atomic mass is 19.4. The van der Waals surface area contributed by atoms with E-state index in [-0.39, 0.29) is 30.1 Å². The summed E-state index contributed by atoms with van der Waals surface area (Å²) in [6.07, 6.45) is -9.21. The molecular formula is C20H14F7N3O2. The van der Waals surface area contributed by atoms with Crippen LogP contribution in [-0.2, 0) is 27.1 Å². The number of carbonyl (C=O) groups excluding carboxylic acids is 1. The highest BCUT2D eigenvalue weighted by Crippen LogP contribution is 2.49. The molecule has 3 heterocycles. The van der Waals surface area contributed by atoms with Gasteiger partial charge in [0.15, 0.2) is 5.67 Å². The molecule has 2 aliphatic rings. The molecular weight excluding hydrogens is 447 g/mol. The van der Waals surface area contributed by atoms with Crippen LogP contribution in [0.15, 0.2) is 47.8 Å². The van der Waals surface area contributed by atoms with Gasteiger partial charge in [-0.05, 0) is 24.3 Å². The third kappa shape index (κ3) is 3.56. The van der Waals surface area contributed by atoms with Crippen molar-refractivity contribution in [3.8, 4) is 0 Å². The Morgan fingerprint density at radius 2 is 1.78 bits per heavy atom. The van der Waals surface area contributed by atoms with Gasteiger partial charge in [-0.3, -0.25) is 9.78 Å². The Kier molecular flexibility index (Phi) is 4.94. The van der Waals surface area contributed by atoms with Gasteiger partial charge in [-0.25, -0.2) is 4.39 Å².